The van der Waals surface area contributed by atoms with Crippen LogP contribution in [-0.2, 0) is 24.3 Å². The summed E-state index contributed by atoms with van der Waals surface area (Å²) in [4.78, 5) is 43.9. The number of aliphatic imine (C=N–C) groups is 1. The maximum Gasteiger partial charge on any atom is 0.422 e. The van der Waals surface area contributed by atoms with Gasteiger partial charge in [0.25, 0.3) is 15.9 Å². The van der Waals surface area contributed by atoms with E-state index < -0.39 is 34.1 Å². The number of ether oxygens (including phenoxy) is 2. The van der Waals surface area contributed by atoms with Crippen LogP contribution in [0.15, 0.2) is 52.4 Å². The Morgan fingerprint density at radius 2 is 1.62 bits per heavy atom. The molecule has 12 heteroatoms. The first-order chi connectivity index (χ1) is 20.2. The van der Waals surface area contributed by atoms with Crippen molar-refractivity contribution in [3.63, 3.8) is 0 Å². The molecule has 2 aliphatic rings. The van der Waals surface area contributed by atoms with Gasteiger partial charge in [-0.1, -0.05) is 88.4 Å². The first kappa shape index (κ1) is 31.5. The van der Waals surface area contributed by atoms with Gasteiger partial charge < -0.3 is 9.47 Å². The molecular weight excluding hydrogens is 582 g/mol. The Hall–Kier alpha value is -3.44. The van der Waals surface area contributed by atoms with Gasteiger partial charge >= 0.3 is 12.1 Å². The predicted octanol–water partition coefficient (Wildman–Crippen LogP) is 6.63. The van der Waals surface area contributed by atoms with Gasteiger partial charge in [-0.05, 0) is 36.8 Å². The van der Waals surface area contributed by atoms with E-state index >= 15 is 0 Å². The summed E-state index contributed by atoms with van der Waals surface area (Å²) in [5, 5.41) is 0.0177. The number of imide groups is 1. The summed E-state index contributed by atoms with van der Waals surface area (Å²) in [6.07, 6.45) is 8.88. The first-order valence-corrected chi connectivity index (χ1v) is 16.2. The highest BCUT2D eigenvalue weighted by Crippen LogP contribution is 2.36. The zero-order valence-electron chi connectivity index (χ0n) is 23.9. The van der Waals surface area contributed by atoms with Crippen LogP contribution in [0.3, 0.4) is 0 Å². The van der Waals surface area contributed by atoms with Crippen molar-refractivity contribution in [1.82, 2.24) is 4.31 Å². The van der Waals surface area contributed by atoms with Crippen molar-refractivity contribution >= 4 is 56.8 Å². The van der Waals surface area contributed by atoms with E-state index in [0.717, 1.165) is 23.6 Å². The number of para-hydroxylation sites is 1. The minimum atomic E-state index is -4.03. The second-order valence-electron chi connectivity index (χ2n) is 10.3. The Balaban J connectivity index is 1.37. The van der Waals surface area contributed by atoms with E-state index in [2.05, 4.69) is 11.9 Å². The third-order valence-electron chi connectivity index (χ3n) is 7.30. The van der Waals surface area contributed by atoms with Crippen LogP contribution in [0.5, 0.6) is 0 Å². The molecule has 1 unspecified atom stereocenters. The first-order valence-electron chi connectivity index (χ1n) is 14.3. The van der Waals surface area contributed by atoms with Gasteiger partial charge in [-0.2, -0.15) is 0 Å². The lowest BCUT2D eigenvalue weighted by molar-refractivity contribution is -0.119. The molecular formula is C30H36ClN3O7S. The number of carbonyl (C=O) groups is 3. The van der Waals surface area contributed by atoms with Crippen LogP contribution >= 0.6 is 11.6 Å². The molecule has 1 fully saturated rings. The number of halogens is 1. The van der Waals surface area contributed by atoms with Crippen LogP contribution in [0.1, 0.15) is 81.5 Å². The van der Waals surface area contributed by atoms with Crippen molar-refractivity contribution in [1.29, 1.82) is 0 Å². The summed E-state index contributed by atoms with van der Waals surface area (Å²) in [6.45, 7) is 2.46. The highest BCUT2D eigenvalue weighted by Gasteiger charge is 2.49. The number of carbonyl (C=O) groups excluding carboxylic acids is 3. The number of hydrogen-bond acceptors (Lipinski definition) is 8. The number of amides is 2. The lowest BCUT2D eigenvalue weighted by atomic mass is 10.1. The van der Waals surface area contributed by atoms with Crippen molar-refractivity contribution in [2.45, 2.75) is 82.1 Å². The van der Waals surface area contributed by atoms with Crippen LogP contribution in [0.2, 0.25) is 5.02 Å². The maximum atomic E-state index is 13.4. The molecule has 2 aromatic carbocycles. The highest BCUT2D eigenvalue weighted by molar-refractivity contribution is 7.90. The molecule has 4 rings (SSSR count). The minimum absolute atomic E-state index is 0.0177. The average molecular weight is 618 g/mol. The standard InChI is InChI=1S/C30H36ClN3O7S/c1-3-4-5-6-7-8-9-10-11-14-19-40-29(36)21-17-18-22(31)24(20-21)34-28(35)26(41-30(34)37)27-32-23-15-12-13-16-25(23)42(38,39)33(27)2/h12-13,15-18,20,26H,3-11,14,19H2,1-2H3. The van der Waals surface area contributed by atoms with Gasteiger partial charge in [0.15, 0.2) is 5.84 Å². The van der Waals surface area contributed by atoms with E-state index in [1.165, 1.54) is 82.3 Å². The average Bonchev–Trinajstić information content (AvgIpc) is 3.27. The normalized spacial score (nSPS) is 17.6. The van der Waals surface area contributed by atoms with Crippen LogP contribution in [-0.4, -0.2) is 56.3 Å². The molecule has 0 N–H and O–H groups in total. The SMILES string of the molecule is CCCCCCCCCCCCOC(=O)c1ccc(Cl)c(N2C(=O)OC(C3=Nc4ccccc4S(=O)(=O)N3C)C2=O)c1. The van der Waals surface area contributed by atoms with Crippen LogP contribution in [0, 0.1) is 0 Å². The van der Waals surface area contributed by atoms with E-state index in [1.54, 1.807) is 12.1 Å². The fraction of sp³-hybridized carbons (Fsp3) is 0.467. The molecule has 0 aliphatic carbocycles. The molecule has 226 valence electrons. The van der Waals surface area contributed by atoms with Gasteiger partial charge in [-0.3, -0.25) is 9.10 Å². The minimum Gasteiger partial charge on any atom is -0.462 e. The Labute approximate surface area is 251 Å². The van der Waals surface area contributed by atoms with Gasteiger partial charge in [0.2, 0.25) is 6.10 Å². The number of esters is 1. The highest BCUT2D eigenvalue weighted by atomic mass is 35.5. The summed E-state index contributed by atoms with van der Waals surface area (Å²) in [5.74, 6) is -1.77. The number of fused-ring (bicyclic) bond motifs is 1. The number of rotatable bonds is 14. The third-order valence-corrected chi connectivity index (χ3v) is 9.42. The Morgan fingerprint density at radius 1 is 0.976 bits per heavy atom. The number of amidine groups is 1. The number of benzene rings is 2. The van der Waals surface area contributed by atoms with E-state index in [4.69, 9.17) is 21.1 Å². The second-order valence-corrected chi connectivity index (χ2v) is 12.7. The molecule has 0 saturated carbocycles. The zero-order chi connectivity index (χ0) is 30.3. The lowest BCUT2D eigenvalue weighted by Crippen LogP contribution is -2.46. The molecule has 2 amide bonds. The monoisotopic (exact) mass is 617 g/mol. The number of hydrogen-bond donors (Lipinski definition) is 0. The van der Waals surface area contributed by atoms with Crippen molar-refractivity contribution in [3.8, 4) is 0 Å². The number of sulfonamides is 1. The molecule has 2 aromatic rings. The largest absolute Gasteiger partial charge is 0.462 e. The topological polar surface area (TPSA) is 123 Å². The van der Waals surface area contributed by atoms with E-state index in [0.29, 0.717) is 4.90 Å². The summed E-state index contributed by atoms with van der Waals surface area (Å²) < 4.78 is 37.5. The molecule has 1 atom stereocenters. The summed E-state index contributed by atoms with van der Waals surface area (Å²) in [5.41, 5.74) is 0.150. The smallest absolute Gasteiger partial charge is 0.422 e. The molecule has 2 aliphatic heterocycles. The molecule has 42 heavy (non-hydrogen) atoms. The molecule has 0 aromatic heterocycles. The van der Waals surface area contributed by atoms with E-state index in [1.807, 2.05) is 0 Å². The van der Waals surface area contributed by atoms with Crippen molar-refractivity contribution in [2.24, 2.45) is 4.99 Å². The van der Waals surface area contributed by atoms with Gasteiger partial charge in [0.1, 0.15) is 4.90 Å². The fourth-order valence-electron chi connectivity index (χ4n) is 4.90. The number of cyclic esters (lactones) is 1. The van der Waals surface area contributed by atoms with Gasteiger partial charge in [-0.15, -0.1) is 0 Å². The van der Waals surface area contributed by atoms with Gasteiger partial charge in [0, 0.05) is 7.05 Å². The second kappa shape index (κ2) is 14.2. The van der Waals surface area contributed by atoms with Gasteiger partial charge in [0.05, 0.1) is 28.6 Å². The summed E-state index contributed by atoms with van der Waals surface area (Å²) in [6, 6.07) is 10.2. The Morgan fingerprint density at radius 3 is 2.31 bits per heavy atom. The number of unbranched alkanes of at least 4 members (excludes halogenated alkanes) is 9. The zero-order valence-corrected chi connectivity index (χ0v) is 25.5. The van der Waals surface area contributed by atoms with Crippen molar-refractivity contribution < 1.29 is 32.3 Å². The fourth-order valence-corrected chi connectivity index (χ4v) is 6.40. The van der Waals surface area contributed by atoms with Crippen molar-refractivity contribution in [3.05, 3.63) is 53.1 Å². The quantitative estimate of drug-likeness (QED) is 0.172. The lowest BCUT2D eigenvalue weighted by Gasteiger charge is -2.27. The van der Waals surface area contributed by atoms with Crippen LogP contribution < -0.4 is 4.90 Å². The number of nitrogens with zero attached hydrogens (tertiary/aromatic N) is 3. The molecule has 0 bridgehead atoms. The third kappa shape index (κ3) is 6.95. The van der Waals surface area contributed by atoms with Crippen LogP contribution in [0.4, 0.5) is 16.2 Å². The number of likely N-dealkylation sites (N-methyl/N-ethyl adjacent to an activating group) is 1. The van der Waals surface area contributed by atoms with Crippen molar-refractivity contribution in [2.75, 3.05) is 18.6 Å². The summed E-state index contributed by atoms with van der Waals surface area (Å²) in [7, 11) is -2.80. The molecule has 0 radical (unpaired) electrons. The molecule has 2 heterocycles. The Kier molecular flexibility index (Phi) is 10.6. The molecule has 1 saturated heterocycles. The van der Waals surface area contributed by atoms with Crippen LogP contribution in [0.25, 0.3) is 0 Å². The summed E-state index contributed by atoms with van der Waals surface area (Å²) >= 11 is 6.32. The van der Waals surface area contributed by atoms with E-state index in [-0.39, 0.29) is 39.3 Å². The molecule has 0 spiro atoms. The Bertz CT molecular complexity index is 1460. The van der Waals surface area contributed by atoms with E-state index in [9.17, 15) is 22.8 Å². The maximum absolute atomic E-state index is 13.4. The molecule has 10 nitrogen and oxygen atoms in total. The predicted molar refractivity (Wildman–Crippen MR) is 160 cm³/mol. The van der Waals surface area contributed by atoms with Gasteiger partial charge in [-0.25, -0.2) is 27.9 Å². The number of anilines is 1.